The van der Waals surface area contributed by atoms with Crippen LogP contribution in [0.5, 0.6) is 5.75 Å². The number of hydrogen-bond donors (Lipinski definition) is 2. The lowest BCUT2D eigenvalue weighted by atomic mass is 10.2. The Labute approximate surface area is 124 Å². The number of hydrogen-bond acceptors (Lipinski definition) is 5. The standard InChI is InChI=1S/C15H18N2O3S/c1-21(18,19)15-7-5-12(6-8-15)17-13-3-2-4-14(11-13)20-10-9-16/h2-8,11,17H,9-10,16H2,1H3. The van der Waals surface area contributed by atoms with Gasteiger partial charge in [-0.2, -0.15) is 0 Å². The van der Waals surface area contributed by atoms with Crippen molar-refractivity contribution in [3.63, 3.8) is 0 Å². The van der Waals surface area contributed by atoms with Crippen LogP contribution in [0, 0.1) is 0 Å². The zero-order valence-electron chi connectivity index (χ0n) is 11.7. The molecule has 0 radical (unpaired) electrons. The van der Waals surface area contributed by atoms with Gasteiger partial charge in [0.1, 0.15) is 12.4 Å². The molecule has 0 saturated heterocycles. The molecule has 5 nitrogen and oxygen atoms in total. The molecule has 0 fully saturated rings. The molecule has 6 heteroatoms. The fourth-order valence-electron chi connectivity index (χ4n) is 1.79. The molecule has 112 valence electrons. The topological polar surface area (TPSA) is 81.4 Å². The third-order valence-corrected chi connectivity index (χ3v) is 3.92. The summed E-state index contributed by atoms with van der Waals surface area (Å²) in [4.78, 5) is 0.299. The lowest BCUT2D eigenvalue weighted by Gasteiger charge is -2.10. The second kappa shape index (κ2) is 6.60. The summed E-state index contributed by atoms with van der Waals surface area (Å²) >= 11 is 0. The van der Waals surface area contributed by atoms with Crippen molar-refractivity contribution in [2.45, 2.75) is 4.90 Å². The summed E-state index contributed by atoms with van der Waals surface area (Å²) in [6.07, 6.45) is 1.19. The monoisotopic (exact) mass is 306 g/mol. The van der Waals surface area contributed by atoms with E-state index in [9.17, 15) is 8.42 Å². The van der Waals surface area contributed by atoms with Gasteiger partial charge in [-0.3, -0.25) is 0 Å². The van der Waals surface area contributed by atoms with Gasteiger partial charge in [0.25, 0.3) is 0 Å². The zero-order chi connectivity index (χ0) is 15.3. The first-order valence-corrected chi connectivity index (χ1v) is 8.38. The molecule has 21 heavy (non-hydrogen) atoms. The maximum Gasteiger partial charge on any atom is 0.175 e. The van der Waals surface area contributed by atoms with Crippen LogP contribution in [-0.2, 0) is 9.84 Å². The molecular weight excluding hydrogens is 288 g/mol. The van der Waals surface area contributed by atoms with Gasteiger partial charge in [-0.1, -0.05) is 6.07 Å². The van der Waals surface area contributed by atoms with E-state index in [2.05, 4.69) is 5.32 Å². The average Bonchev–Trinajstić information content (AvgIpc) is 2.45. The van der Waals surface area contributed by atoms with E-state index in [-0.39, 0.29) is 0 Å². The van der Waals surface area contributed by atoms with E-state index in [0.717, 1.165) is 17.1 Å². The Morgan fingerprint density at radius 1 is 1.10 bits per heavy atom. The zero-order valence-corrected chi connectivity index (χ0v) is 12.6. The van der Waals surface area contributed by atoms with Gasteiger partial charge in [-0.15, -0.1) is 0 Å². The molecular formula is C15H18N2O3S. The van der Waals surface area contributed by atoms with Crippen LogP contribution in [0.3, 0.4) is 0 Å². The van der Waals surface area contributed by atoms with E-state index < -0.39 is 9.84 Å². The van der Waals surface area contributed by atoms with Crippen molar-refractivity contribution in [3.05, 3.63) is 48.5 Å². The van der Waals surface area contributed by atoms with E-state index >= 15 is 0 Å². The fourth-order valence-corrected chi connectivity index (χ4v) is 2.42. The minimum Gasteiger partial charge on any atom is -0.492 e. The van der Waals surface area contributed by atoms with Crippen LogP contribution in [0.4, 0.5) is 11.4 Å². The van der Waals surface area contributed by atoms with Gasteiger partial charge in [-0.05, 0) is 36.4 Å². The van der Waals surface area contributed by atoms with Gasteiger partial charge in [0.2, 0.25) is 0 Å². The van der Waals surface area contributed by atoms with Gasteiger partial charge in [0.15, 0.2) is 9.84 Å². The number of ether oxygens (including phenoxy) is 1. The Bertz CT molecular complexity index is 697. The van der Waals surface area contributed by atoms with Crippen molar-refractivity contribution in [1.29, 1.82) is 0 Å². The van der Waals surface area contributed by atoms with Crippen LogP contribution in [0.2, 0.25) is 0 Å². The Morgan fingerprint density at radius 3 is 2.43 bits per heavy atom. The van der Waals surface area contributed by atoms with Crippen LogP contribution in [0.1, 0.15) is 0 Å². The first kappa shape index (κ1) is 15.3. The summed E-state index contributed by atoms with van der Waals surface area (Å²) in [5.41, 5.74) is 7.06. The number of rotatable bonds is 6. The molecule has 0 unspecified atom stereocenters. The lowest BCUT2D eigenvalue weighted by Crippen LogP contribution is -2.10. The predicted molar refractivity (Wildman–Crippen MR) is 83.8 cm³/mol. The molecule has 0 aliphatic rings. The van der Waals surface area contributed by atoms with Gasteiger partial charge < -0.3 is 15.8 Å². The minimum absolute atomic E-state index is 0.299. The maximum absolute atomic E-state index is 11.4. The molecule has 2 rings (SSSR count). The molecule has 0 bridgehead atoms. The van der Waals surface area contributed by atoms with Crippen LogP contribution in [-0.4, -0.2) is 27.8 Å². The fraction of sp³-hybridized carbons (Fsp3) is 0.200. The second-order valence-electron chi connectivity index (χ2n) is 4.59. The highest BCUT2D eigenvalue weighted by atomic mass is 32.2. The highest BCUT2D eigenvalue weighted by Crippen LogP contribution is 2.22. The minimum atomic E-state index is -3.17. The van der Waals surface area contributed by atoms with E-state index in [1.54, 1.807) is 24.3 Å². The van der Waals surface area contributed by atoms with Crippen molar-refractivity contribution in [1.82, 2.24) is 0 Å². The number of sulfone groups is 1. The molecule has 2 aromatic carbocycles. The smallest absolute Gasteiger partial charge is 0.175 e. The molecule has 0 aromatic heterocycles. The van der Waals surface area contributed by atoms with Gasteiger partial charge in [-0.25, -0.2) is 8.42 Å². The van der Waals surface area contributed by atoms with Crippen LogP contribution >= 0.6 is 0 Å². The van der Waals surface area contributed by atoms with Crippen LogP contribution < -0.4 is 15.8 Å². The van der Waals surface area contributed by atoms with E-state index in [4.69, 9.17) is 10.5 Å². The predicted octanol–water partition coefficient (Wildman–Crippen LogP) is 2.17. The number of nitrogens with two attached hydrogens (primary N) is 1. The highest BCUT2D eigenvalue weighted by Gasteiger charge is 2.06. The lowest BCUT2D eigenvalue weighted by molar-refractivity contribution is 0.328. The van der Waals surface area contributed by atoms with Crippen molar-refractivity contribution in [3.8, 4) is 5.75 Å². The summed E-state index contributed by atoms with van der Waals surface area (Å²) < 4.78 is 28.3. The largest absolute Gasteiger partial charge is 0.492 e. The van der Waals surface area contributed by atoms with Crippen molar-refractivity contribution < 1.29 is 13.2 Å². The van der Waals surface area contributed by atoms with Crippen molar-refractivity contribution >= 4 is 21.2 Å². The summed E-state index contributed by atoms with van der Waals surface area (Å²) in [6, 6.07) is 14.1. The molecule has 3 N–H and O–H groups in total. The molecule has 2 aromatic rings. The Balaban J connectivity index is 2.11. The van der Waals surface area contributed by atoms with Crippen LogP contribution in [0.25, 0.3) is 0 Å². The molecule has 0 saturated carbocycles. The quantitative estimate of drug-likeness (QED) is 0.855. The molecule has 0 atom stereocenters. The first-order valence-electron chi connectivity index (χ1n) is 6.49. The van der Waals surface area contributed by atoms with E-state index in [1.807, 2.05) is 24.3 Å². The normalized spacial score (nSPS) is 11.1. The van der Waals surface area contributed by atoms with Crippen molar-refractivity contribution in [2.24, 2.45) is 5.73 Å². The Morgan fingerprint density at radius 2 is 1.81 bits per heavy atom. The average molecular weight is 306 g/mol. The molecule has 0 spiro atoms. The molecule has 0 amide bonds. The third kappa shape index (κ3) is 4.47. The van der Waals surface area contributed by atoms with Crippen LogP contribution in [0.15, 0.2) is 53.4 Å². The number of anilines is 2. The number of nitrogens with one attached hydrogen (secondary N) is 1. The summed E-state index contributed by atoms with van der Waals surface area (Å²) in [5, 5.41) is 3.19. The molecule has 0 heterocycles. The Hall–Kier alpha value is -2.05. The third-order valence-electron chi connectivity index (χ3n) is 2.79. The first-order chi connectivity index (χ1) is 9.99. The van der Waals surface area contributed by atoms with Crippen molar-refractivity contribution in [2.75, 3.05) is 24.7 Å². The van der Waals surface area contributed by atoms with Gasteiger partial charge >= 0.3 is 0 Å². The summed E-state index contributed by atoms with van der Waals surface area (Å²) in [5.74, 6) is 0.734. The second-order valence-corrected chi connectivity index (χ2v) is 6.60. The molecule has 0 aliphatic carbocycles. The Kier molecular flexibility index (Phi) is 4.82. The molecule has 0 aliphatic heterocycles. The van der Waals surface area contributed by atoms with E-state index in [1.165, 1.54) is 6.26 Å². The maximum atomic E-state index is 11.4. The van der Waals surface area contributed by atoms with E-state index in [0.29, 0.717) is 18.0 Å². The highest BCUT2D eigenvalue weighted by molar-refractivity contribution is 7.90. The van der Waals surface area contributed by atoms with Gasteiger partial charge in [0.05, 0.1) is 4.90 Å². The summed E-state index contributed by atoms with van der Waals surface area (Å²) in [6.45, 7) is 0.928. The number of benzene rings is 2. The van der Waals surface area contributed by atoms with Gasteiger partial charge in [0, 0.05) is 30.2 Å². The summed E-state index contributed by atoms with van der Waals surface area (Å²) in [7, 11) is -3.17. The SMILES string of the molecule is CS(=O)(=O)c1ccc(Nc2cccc(OCCN)c2)cc1.